The summed E-state index contributed by atoms with van der Waals surface area (Å²) in [6.07, 6.45) is -3.48. The predicted octanol–water partition coefficient (Wildman–Crippen LogP) is 2.42. The molecular weight excluding hydrogens is 257 g/mol. The van der Waals surface area contributed by atoms with E-state index in [9.17, 15) is 18.0 Å². The van der Waals surface area contributed by atoms with E-state index in [1.54, 1.807) is 4.90 Å². The molecule has 3 nitrogen and oxygen atoms in total. The molecule has 6 heteroatoms. The van der Waals surface area contributed by atoms with Crippen LogP contribution in [0.3, 0.4) is 0 Å². The summed E-state index contributed by atoms with van der Waals surface area (Å²) in [6, 6.07) is 0.0377. The maximum absolute atomic E-state index is 12.6. The summed E-state index contributed by atoms with van der Waals surface area (Å²) in [7, 11) is 0. The van der Waals surface area contributed by atoms with Gasteiger partial charge in [0.15, 0.2) is 0 Å². The van der Waals surface area contributed by atoms with Crippen molar-refractivity contribution in [1.29, 1.82) is 0 Å². The summed E-state index contributed by atoms with van der Waals surface area (Å²) in [5.41, 5.74) is 0. The predicted molar refractivity (Wildman–Crippen MR) is 67.7 cm³/mol. The lowest BCUT2D eigenvalue weighted by atomic mass is 9.97. The Balaban J connectivity index is 2.42. The fourth-order valence-corrected chi connectivity index (χ4v) is 2.14. The third-order valence-corrected chi connectivity index (χ3v) is 3.72. The largest absolute Gasteiger partial charge is 0.393 e. The van der Waals surface area contributed by atoms with Crippen molar-refractivity contribution < 1.29 is 18.0 Å². The number of nitrogens with one attached hydrogen (secondary N) is 1. The molecule has 0 aromatic rings. The highest BCUT2D eigenvalue weighted by molar-refractivity contribution is 5.78. The SMILES string of the molecule is CC(C)[C@@H](C)NC(=O)CN1CCC[C@@H](C(F)(F)F)C1. The molecule has 0 bridgehead atoms. The van der Waals surface area contributed by atoms with Crippen LogP contribution >= 0.6 is 0 Å². The number of likely N-dealkylation sites (tertiary alicyclic amines) is 1. The van der Waals surface area contributed by atoms with Gasteiger partial charge in [-0.3, -0.25) is 9.69 Å². The summed E-state index contributed by atoms with van der Waals surface area (Å²) in [5, 5.41) is 2.82. The summed E-state index contributed by atoms with van der Waals surface area (Å²) in [6.45, 7) is 6.45. The van der Waals surface area contributed by atoms with Crippen molar-refractivity contribution in [2.75, 3.05) is 19.6 Å². The van der Waals surface area contributed by atoms with Crippen molar-refractivity contribution in [1.82, 2.24) is 10.2 Å². The Labute approximate surface area is 112 Å². The number of piperidine rings is 1. The molecular formula is C13H23F3N2O. The zero-order chi connectivity index (χ0) is 14.6. The second kappa shape index (κ2) is 6.59. The van der Waals surface area contributed by atoms with Gasteiger partial charge in [0.05, 0.1) is 12.5 Å². The Morgan fingerprint density at radius 3 is 2.53 bits per heavy atom. The molecule has 0 aromatic heterocycles. The number of halogens is 3. The van der Waals surface area contributed by atoms with Crippen LogP contribution < -0.4 is 5.32 Å². The molecule has 1 amide bonds. The van der Waals surface area contributed by atoms with E-state index >= 15 is 0 Å². The Hall–Kier alpha value is -0.780. The molecule has 1 fully saturated rings. The molecule has 1 heterocycles. The minimum Gasteiger partial charge on any atom is -0.352 e. The van der Waals surface area contributed by atoms with E-state index in [-0.39, 0.29) is 31.5 Å². The van der Waals surface area contributed by atoms with E-state index in [4.69, 9.17) is 0 Å². The van der Waals surface area contributed by atoms with Gasteiger partial charge < -0.3 is 5.32 Å². The second-order valence-electron chi connectivity index (χ2n) is 5.72. The van der Waals surface area contributed by atoms with Crippen molar-refractivity contribution in [3.8, 4) is 0 Å². The van der Waals surface area contributed by atoms with Crippen LogP contribution in [0, 0.1) is 11.8 Å². The molecule has 0 radical (unpaired) electrons. The van der Waals surface area contributed by atoms with Gasteiger partial charge in [-0.2, -0.15) is 13.2 Å². The van der Waals surface area contributed by atoms with Crippen LogP contribution in [0.1, 0.15) is 33.6 Å². The first-order chi connectivity index (χ1) is 8.70. The maximum Gasteiger partial charge on any atom is 0.393 e. The maximum atomic E-state index is 12.6. The smallest absolute Gasteiger partial charge is 0.352 e. The molecule has 112 valence electrons. The summed E-state index contributed by atoms with van der Waals surface area (Å²) in [5.74, 6) is -1.17. The second-order valence-corrected chi connectivity index (χ2v) is 5.72. The van der Waals surface area contributed by atoms with E-state index in [1.165, 1.54) is 0 Å². The highest BCUT2D eigenvalue weighted by Gasteiger charge is 2.41. The lowest BCUT2D eigenvalue weighted by molar-refractivity contribution is -0.187. The number of carbonyl (C=O) groups excluding carboxylic acids is 1. The standard InChI is InChI=1S/C13H23F3N2O/c1-9(2)10(3)17-12(19)8-18-6-4-5-11(7-18)13(14,15)16/h9-11H,4-8H2,1-3H3,(H,17,19)/t10-,11-/m1/s1. The van der Waals surface area contributed by atoms with Gasteiger partial charge in [0.2, 0.25) is 5.91 Å². The van der Waals surface area contributed by atoms with Gasteiger partial charge >= 0.3 is 6.18 Å². The molecule has 1 saturated heterocycles. The first-order valence-electron chi connectivity index (χ1n) is 6.78. The Kier molecular flexibility index (Phi) is 5.64. The first kappa shape index (κ1) is 16.3. The normalized spacial score (nSPS) is 23.4. The molecule has 0 saturated carbocycles. The molecule has 1 rings (SSSR count). The zero-order valence-electron chi connectivity index (χ0n) is 11.8. The van der Waals surface area contributed by atoms with Gasteiger partial charge in [0.1, 0.15) is 0 Å². The number of carbonyl (C=O) groups is 1. The average Bonchev–Trinajstić information content (AvgIpc) is 2.27. The van der Waals surface area contributed by atoms with Gasteiger partial charge in [-0.25, -0.2) is 0 Å². The van der Waals surface area contributed by atoms with Crippen molar-refractivity contribution in [3.05, 3.63) is 0 Å². The molecule has 1 aliphatic rings. The molecule has 1 aliphatic heterocycles. The van der Waals surface area contributed by atoms with Crippen LogP contribution in [0.2, 0.25) is 0 Å². The highest BCUT2D eigenvalue weighted by atomic mass is 19.4. The van der Waals surface area contributed by atoms with Crippen LogP contribution in [0.4, 0.5) is 13.2 Å². The molecule has 0 aliphatic carbocycles. The fourth-order valence-electron chi connectivity index (χ4n) is 2.14. The van der Waals surface area contributed by atoms with Gasteiger partial charge in [0, 0.05) is 12.6 Å². The number of hydrogen-bond donors (Lipinski definition) is 1. The van der Waals surface area contributed by atoms with Crippen LogP contribution in [0.5, 0.6) is 0 Å². The number of amides is 1. The first-order valence-corrected chi connectivity index (χ1v) is 6.78. The zero-order valence-corrected chi connectivity index (χ0v) is 11.8. The van der Waals surface area contributed by atoms with Gasteiger partial charge in [-0.05, 0) is 32.2 Å². The van der Waals surface area contributed by atoms with Crippen LogP contribution in [-0.4, -0.2) is 42.7 Å². The fraction of sp³-hybridized carbons (Fsp3) is 0.923. The van der Waals surface area contributed by atoms with Crippen molar-refractivity contribution in [2.45, 2.75) is 45.8 Å². The van der Waals surface area contributed by atoms with E-state index in [1.807, 2.05) is 20.8 Å². The molecule has 0 unspecified atom stereocenters. The number of nitrogens with zero attached hydrogens (tertiary/aromatic N) is 1. The van der Waals surface area contributed by atoms with E-state index in [0.29, 0.717) is 18.9 Å². The number of alkyl halides is 3. The minimum absolute atomic E-state index is 0.0377. The van der Waals surface area contributed by atoms with Crippen molar-refractivity contribution in [2.24, 2.45) is 11.8 Å². The Bertz CT molecular complexity index is 305. The molecule has 2 atom stereocenters. The molecule has 19 heavy (non-hydrogen) atoms. The third kappa shape index (κ3) is 5.38. The van der Waals surface area contributed by atoms with Crippen LogP contribution in [-0.2, 0) is 4.79 Å². The molecule has 0 aromatic carbocycles. The lowest BCUT2D eigenvalue weighted by Gasteiger charge is -2.33. The quantitative estimate of drug-likeness (QED) is 0.857. The van der Waals surface area contributed by atoms with E-state index < -0.39 is 12.1 Å². The molecule has 1 N–H and O–H groups in total. The summed E-state index contributed by atoms with van der Waals surface area (Å²) in [4.78, 5) is 13.3. The Morgan fingerprint density at radius 1 is 1.37 bits per heavy atom. The van der Waals surface area contributed by atoms with Crippen LogP contribution in [0.15, 0.2) is 0 Å². The monoisotopic (exact) mass is 280 g/mol. The van der Waals surface area contributed by atoms with Gasteiger partial charge in [0.25, 0.3) is 0 Å². The lowest BCUT2D eigenvalue weighted by Crippen LogP contribution is -2.47. The van der Waals surface area contributed by atoms with Gasteiger partial charge in [-0.1, -0.05) is 13.8 Å². The minimum atomic E-state index is -4.15. The number of rotatable bonds is 4. The summed E-state index contributed by atoms with van der Waals surface area (Å²) >= 11 is 0. The highest BCUT2D eigenvalue weighted by Crippen LogP contribution is 2.32. The topological polar surface area (TPSA) is 32.3 Å². The average molecular weight is 280 g/mol. The van der Waals surface area contributed by atoms with E-state index in [2.05, 4.69) is 5.32 Å². The van der Waals surface area contributed by atoms with Gasteiger partial charge in [-0.15, -0.1) is 0 Å². The third-order valence-electron chi connectivity index (χ3n) is 3.72. The number of hydrogen-bond acceptors (Lipinski definition) is 2. The molecule has 0 spiro atoms. The van der Waals surface area contributed by atoms with Crippen molar-refractivity contribution in [3.63, 3.8) is 0 Å². The Morgan fingerprint density at radius 2 is 2.00 bits per heavy atom. The van der Waals surface area contributed by atoms with Crippen LogP contribution in [0.25, 0.3) is 0 Å². The van der Waals surface area contributed by atoms with Crippen molar-refractivity contribution >= 4 is 5.91 Å². The van der Waals surface area contributed by atoms with E-state index in [0.717, 1.165) is 0 Å². The summed E-state index contributed by atoms with van der Waals surface area (Å²) < 4.78 is 37.9.